The fourth-order valence-electron chi connectivity index (χ4n) is 3.75. The molecule has 0 aliphatic rings. The molecule has 0 radical (unpaired) electrons. The van der Waals surface area contributed by atoms with Gasteiger partial charge in [0.15, 0.2) is 11.2 Å². The van der Waals surface area contributed by atoms with E-state index in [2.05, 4.69) is 20.3 Å². The molecule has 2 N–H and O–H groups in total. The molecule has 0 aliphatic carbocycles. The number of hydrogen-bond acceptors (Lipinski definition) is 9. The number of carbonyl (C=O) groups excluding carboxylic acids is 2. The van der Waals surface area contributed by atoms with Crippen molar-refractivity contribution in [2.75, 3.05) is 12.4 Å². The second-order valence-corrected chi connectivity index (χ2v) is 9.29. The summed E-state index contributed by atoms with van der Waals surface area (Å²) in [6.45, 7) is 1.46. The number of nitrogens with zero attached hydrogens (tertiary/aromatic N) is 3. The third kappa shape index (κ3) is 5.60. The van der Waals surface area contributed by atoms with E-state index in [9.17, 15) is 19.7 Å². The van der Waals surface area contributed by atoms with Crippen LogP contribution in [0.15, 0.2) is 72.1 Å². The number of rotatable bonds is 8. The van der Waals surface area contributed by atoms with Crippen molar-refractivity contribution >= 4 is 45.1 Å². The van der Waals surface area contributed by atoms with Crippen LogP contribution in [-0.4, -0.2) is 45.0 Å². The minimum atomic E-state index is -1.10. The van der Waals surface area contributed by atoms with Crippen LogP contribution < -0.4 is 10.1 Å². The summed E-state index contributed by atoms with van der Waals surface area (Å²) >= 11 is 1.15. The summed E-state index contributed by atoms with van der Waals surface area (Å²) in [6.07, 6.45) is -1.10. The van der Waals surface area contributed by atoms with Crippen LogP contribution in [-0.2, 0) is 9.53 Å². The SMILES string of the molecule is COc1ccc(-c2nc3ccc(C(=O)OC(C)C(=O)Nc4nc(-c5cccc([N+](=O)[O-])c5)cs4)cc3[nH]2)cc1. The van der Waals surface area contributed by atoms with Crippen molar-refractivity contribution in [2.24, 2.45) is 0 Å². The van der Waals surface area contributed by atoms with Crippen LogP contribution in [0.25, 0.3) is 33.7 Å². The molecule has 0 spiro atoms. The van der Waals surface area contributed by atoms with Gasteiger partial charge in [0.25, 0.3) is 11.6 Å². The number of aromatic amines is 1. The fraction of sp³-hybridized carbons (Fsp3) is 0.111. The quantitative estimate of drug-likeness (QED) is 0.149. The monoisotopic (exact) mass is 543 g/mol. The van der Waals surface area contributed by atoms with Crippen LogP contribution in [0, 0.1) is 10.1 Å². The van der Waals surface area contributed by atoms with E-state index in [0.29, 0.717) is 28.1 Å². The Morgan fingerprint density at radius 2 is 1.85 bits per heavy atom. The molecule has 5 rings (SSSR count). The number of carbonyl (C=O) groups is 2. The Bertz CT molecular complexity index is 1690. The maximum atomic E-state index is 12.8. The highest BCUT2D eigenvalue weighted by Crippen LogP contribution is 2.28. The third-order valence-electron chi connectivity index (χ3n) is 5.82. The third-order valence-corrected chi connectivity index (χ3v) is 6.58. The maximum Gasteiger partial charge on any atom is 0.338 e. The highest BCUT2D eigenvalue weighted by atomic mass is 32.1. The average molecular weight is 544 g/mol. The molecule has 5 aromatic rings. The van der Waals surface area contributed by atoms with E-state index in [1.165, 1.54) is 19.1 Å². The van der Waals surface area contributed by atoms with E-state index in [1.807, 2.05) is 24.3 Å². The molecule has 12 heteroatoms. The van der Waals surface area contributed by atoms with Gasteiger partial charge in [0.1, 0.15) is 11.6 Å². The Morgan fingerprint density at radius 3 is 2.59 bits per heavy atom. The van der Waals surface area contributed by atoms with E-state index in [4.69, 9.17) is 9.47 Å². The maximum absolute atomic E-state index is 12.8. The largest absolute Gasteiger partial charge is 0.497 e. The summed E-state index contributed by atoms with van der Waals surface area (Å²) in [7, 11) is 1.60. The lowest BCUT2D eigenvalue weighted by atomic mass is 10.1. The first-order chi connectivity index (χ1) is 18.8. The number of nitro benzene ring substituents is 1. The van der Waals surface area contributed by atoms with E-state index < -0.39 is 22.9 Å². The highest BCUT2D eigenvalue weighted by molar-refractivity contribution is 7.14. The van der Waals surface area contributed by atoms with Crippen molar-refractivity contribution in [1.29, 1.82) is 0 Å². The summed E-state index contributed by atoms with van der Waals surface area (Å²) < 4.78 is 10.6. The highest BCUT2D eigenvalue weighted by Gasteiger charge is 2.21. The van der Waals surface area contributed by atoms with Crippen LogP contribution in [0.4, 0.5) is 10.8 Å². The number of fused-ring (bicyclic) bond motifs is 1. The molecular weight excluding hydrogens is 522 g/mol. The first-order valence-electron chi connectivity index (χ1n) is 11.7. The van der Waals surface area contributed by atoms with Gasteiger partial charge in [0.05, 0.1) is 34.3 Å². The van der Waals surface area contributed by atoms with Gasteiger partial charge in [0.2, 0.25) is 0 Å². The minimum Gasteiger partial charge on any atom is -0.497 e. The summed E-state index contributed by atoms with van der Waals surface area (Å²) in [4.78, 5) is 48.0. The van der Waals surface area contributed by atoms with E-state index in [-0.39, 0.29) is 16.4 Å². The lowest BCUT2D eigenvalue weighted by molar-refractivity contribution is -0.384. The number of nitro groups is 1. The Balaban J connectivity index is 1.23. The number of H-pyrrole nitrogens is 1. The van der Waals surface area contributed by atoms with Crippen LogP contribution in [0.1, 0.15) is 17.3 Å². The zero-order valence-electron chi connectivity index (χ0n) is 20.7. The van der Waals surface area contributed by atoms with Gasteiger partial charge in [-0.2, -0.15) is 0 Å². The summed E-state index contributed by atoms with van der Waals surface area (Å²) in [5.74, 6) is 0.138. The number of esters is 1. The smallest absolute Gasteiger partial charge is 0.338 e. The molecule has 0 fully saturated rings. The number of benzene rings is 3. The number of anilines is 1. The van der Waals surface area contributed by atoms with Crippen LogP contribution >= 0.6 is 11.3 Å². The standard InChI is InChI=1S/C27H21N5O6S/c1-15(25(33)31-27-30-23(14-39-27)17-4-3-5-19(12-17)32(35)36)38-26(34)18-8-11-21-22(13-18)29-24(28-21)16-6-9-20(37-2)10-7-16/h3-15H,1-2H3,(H,28,29)(H,30,31,33). The number of thiazole rings is 1. The fourth-order valence-corrected chi connectivity index (χ4v) is 4.48. The molecule has 1 atom stereocenters. The van der Waals surface area contributed by atoms with Crippen molar-refractivity contribution < 1.29 is 24.0 Å². The molecule has 2 aromatic heterocycles. The molecule has 3 aromatic carbocycles. The van der Waals surface area contributed by atoms with Crippen LogP contribution in [0.5, 0.6) is 5.75 Å². The van der Waals surface area contributed by atoms with Crippen molar-refractivity contribution in [1.82, 2.24) is 15.0 Å². The molecule has 2 heterocycles. The number of ether oxygens (including phenoxy) is 2. The summed E-state index contributed by atoms with van der Waals surface area (Å²) in [5, 5.41) is 15.6. The molecule has 196 valence electrons. The Kier molecular flexibility index (Phi) is 7.02. The molecule has 39 heavy (non-hydrogen) atoms. The number of amides is 1. The first-order valence-corrected chi connectivity index (χ1v) is 12.5. The van der Waals surface area contributed by atoms with Gasteiger partial charge >= 0.3 is 5.97 Å². The van der Waals surface area contributed by atoms with Crippen LogP contribution in [0.3, 0.4) is 0 Å². The lowest BCUT2D eigenvalue weighted by Crippen LogP contribution is -2.29. The van der Waals surface area contributed by atoms with Crippen molar-refractivity contribution in [2.45, 2.75) is 13.0 Å². The molecule has 1 amide bonds. The molecule has 0 saturated heterocycles. The topological polar surface area (TPSA) is 149 Å². The normalized spacial score (nSPS) is 11.6. The zero-order chi connectivity index (χ0) is 27.5. The van der Waals surface area contributed by atoms with E-state index >= 15 is 0 Å². The zero-order valence-corrected chi connectivity index (χ0v) is 21.5. The number of imidazole rings is 1. The summed E-state index contributed by atoms with van der Waals surface area (Å²) in [5.41, 5.74) is 3.40. The predicted molar refractivity (Wildman–Crippen MR) is 146 cm³/mol. The number of nitrogens with one attached hydrogen (secondary N) is 2. The van der Waals surface area contributed by atoms with Gasteiger partial charge in [-0.05, 0) is 49.4 Å². The number of aromatic nitrogens is 3. The Hall–Kier alpha value is -5.10. The van der Waals surface area contributed by atoms with Gasteiger partial charge in [-0.1, -0.05) is 12.1 Å². The Labute approximate surface area is 225 Å². The van der Waals surface area contributed by atoms with Gasteiger partial charge in [-0.15, -0.1) is 11.3 Å². The van der Waals surface area contributed by atoms with Gasteiger partial charge in [0, 0.05) is 28.6 Å². The first kappa shape index (κ1) is 25.5. The molecule has 0 aliphatic heterocycles. The number of non-ortho nitro benzene ring substituents is 1. The summed E-state index contributed by atoms with van der Waals surface area (Å²) in [6, 6.07) is 18.4. The lowest BCUT2D eigenvalue weighted by Gasteiger charge is -2.12. The molecule has 11 nitrogen and oxygen atoms in total. The second-order valence-electron chi connectivity index (χ2n) is 8.43. The second kappa shape index (κ2) is 10.7. The van der Waals surface area contributed by atoms with Crippen molar-refractivity contribution in [3.05, 3.63) is 87.8 Å². The molecule has 0 bridgehead atoms. The number of hydrogen-bond donors (Lipinski definition) is 2. The van der Waals surface area contributed by atoms with Crippen molar-refractivity contribution in [3.8, 4) is 28.4 Å². The molecule has 1 unspecified atom stereocenters. The number of methoxy groups -OCH3 is 1. The predicted octanol–water partition coefficient (Wildman–Crippen LogP) is 5.45. The van der Waals surface area contributed by atoms with Crippen LogP contribution in [0.2, 0.25) is 0 Å². The van der Waals surface area contributed by atoms with Crippen molar-refractivity contribution in [3.63, 3.8) is 0 Å². The average Bonchev–Trinajstić information content (AvgIpc) is 3.60. The van der Waals surface area contributed by atoms with Gasteiger partial charge in [-0.25, -0.2) is 14.8 Å². The van der Waals surface area contributed by atoms with Gasteiger partial charge in [-0.3, -0.25) is 20.2 Å². The Morgan fingerprint density at radius 1 is 1.05 bits per heavy atom. The molecular formula is C27H21N5O6S. The minimum absolute atomic E-state index is 0.0584. The van der Waals surface area contributed by atoms with E-state index in [0.717, 1.165) is 22.6 Å². The van der Waals surface area contributed by atoms with E-state index in [1.54, 1.807) is 42.8 Å². The van der Waals surface area contributed by atoms with Gasteiger partial charge < -0.3 is 14.5 Å². The molecule has 0 saturated carbocycles.